The van der Waals surface area contributed by atoms with Crippen LogP contribution in [0.3, 0.4) is 0 Å². The Morgan fingerprint density at radius 3 is 2.46 bits per heavy atom. The molecule has 0 fully saturated rings. The highest BCUT2D eigenvalue weighted by Crippen LogP contribution is 2.33. The minimum absolute atomic E-state index is 0.309. The van der Waals surface area contributed by atoms with Crippen LogP contribution in [0.25, 0.3) is 0 Å². The van der Waals surface area contributed by atoms with E-state index in [1.165, 1.54) is 17.8 Å². The normalized spacial score (nSPS) is 10.5. The summed E-state index contributed by atoms with van der Waals surface area (Å²) in [5.41, 5.74) is -0.277. The van der Waals surface area contributed by atoms with Crippen molar-refractivity contribution in [2.45, 2.75) is 23.3 Å². The fourth-order valence-electron chi connectivity index (χ4n) is 2.60. The maximum Gasteiger partial charge on any atom is 0.334 e. The number of aryl methyl sites for hydroxylation is 1. The summed E-state index contributed by atoms with van der Waals surface area (Å²) in [6.07, 6.45) is 0. The first-order chi connectivity index (χ1) is 13.5. The van der Waals surface area contributed by atoms with Crippen LogP contribution in [0.1, 0.15) is 5.69 Å². The van der Waals surface area contributed by atoms with E-state index in [0.29, 0.717) is 11.4 Å². The number of nitrogens with one attached hydrogen (secondary N) is 1. The number of carbonyl (C=O) groups excluding carboxylic acids is 1. The van der Waals surface area contributed by atoms with E-state index in [4.69, 9.17) is 0 Å². The number of carbonyl (C=O) groups is 1. The number of pyridine rings is 1. The quantitative estimate of drug-likeness (QED) is 0.505. The van der Waals surface area contributed by atoms with E-state index in [1.807, 2.05) is 42.5 Å². The molecule has 7 nitrogen and oxygen atoms in total. The molecule has 0 radical (unpaired) electrons. The van der Waals surface area contributed by atoms with Crippen LogP contribution in [0.2, 0.25) is 0 Å². The number of amides is 1. The Morgan fingerprint density at radius 2 is 1.75 bits per heavy atom. The van der Waals surface area contributed by atoms with Gasteiger partial charge in [-0.2, -0.15) is 0 Å². The summed E-state index contributed by atoms with van der Waals surface area (Å²) in [7, 11) is 0. The molecule has 0 atom stereocenters. The van der Waals surface area contributed by atoms with Crippen LogP contribution in [0.15, 0.2) is 81.3 Å². The molecule has 0 saturated carbocycles. The smallest absolute Gasteiger partial charge is 0.324 e. The van der Waals surface area contributed by atoms with Crippen LogP contribution >= 0.6 is 11.8 Å². The van der Waals surface area contributed by atoms with Crippen LogP contribution < -0.4 is 10.9 Å². The molecule has 1 amide bonds. The molecule has 0 aliphatic heterocycles. The molecule has 3 aromatic rings. The number of nitro groups is 1. The first kappa shape index (κ1) is 19.4. The van der Waals surface area contributed by atoms with Gasteiger partial charge in [-0.15, -0.1) is 0 Å². The monoisotopic (exact) mass is 395 g/mol. The van der Waals surface area contributed by atoms with Crippen molar-refractivity contribution in [2.75, 3.05) is 5.32 Å². The van der Waals surface area contributed by atoms with Crippen molar-refractivity contribution in [1.82, 2.24) is 4.57 Å². The Hall–Kier alpha value is -3.39. The van der Waals surface area contributed by atoms with Crippen molar-refractivity contribution in [3.05, 3.63) is 92.9 Å². The summed E-state index contributed by atoms with van der Waals surface area (Å²) >= 11 is 1.50. The molecule has 0 saturated heterocycles. The minimum atomic E-state index is -0.799. The maximum atomic E-state index is 12.5. The largest absolute Gasteiger partial charge is 0.334 e. The summed E-state index contributed by atoms with van der Waals surface area (Å²) in [5, 5.41) is 13.8. The lowest BCUT2D eigenvalue weighted by molar-refractivity contribution is -0.386. The van der Waals surface area contributed by atoms with Crippen LogP contribution in [0, 0.1) is 17.0 Å². The maximum absolute atomic E-state index is 12.5. The van der Waals surface area contributed by atoms with Gasteiger partial charge >= 0.3 is 11.2 Å². The summed E-state index contributed by atoms with van der Waals surface area (Å²) in [4.78, 5) is 36.9. The zero-order valence-corrected chi connectivity index (χ0v) is 15.8. The van der Waals surface area contributed by atoms with Gasteiger partial charge in [-0.25, -0.2) is 0 Å². The SMILES string of the molecule is Cc1ccc([N+](=O)[O-])c(=O)n1CC(=O)Nc1ccccc1Sc1ccccc1. The third-order valence-corrected chi connectivity index (χ3v) is 5.09. The first-order valence-corrected chi connectivity index (χ1v) is 9.24. The predicted octanol–water partition coefficient (Wildman–Crippen LogP) is 3.85. The highest BCUT2D eigenvalue weighted by Gasteiger charge is 2.18. The van der Waals surface area contributed by atoms with Gasteiger partial charge in [0, 0.05) is 21.6 Å². The lowest BCUT2D eigenvalue weighted by Gasteiger charge is -2.13. The molecule has 1 heterocycles. The van der Waals surface area contributed by atoms with Gasteiger partial charge < -0.3 is 5.32 Å². The van der Waals surface area contributed by atoms with Crippen molar-refractivity contribution in [1.29, 1.82) is 0 Å². The Labute approximate surface area is 165 Å². The van der Waals surface area contributed by atoms with Crippen molar-refractivity contribution < 1.29 is 9.72 Å². The third kappa shape index (κ3) is 4.47. The molecular formula is C20H17N3O4S. The van der Waals surface area contributed by atoms with E-state index in [2.05, 4.69) is 5.32 Å². The second-order valence-electron chi connectivity index (χ2n) is 5.97. The molecule has 1 N–H and O–H groups in total. The molecule has 0 spiro atoms. The Balaban J connectivity index is 1.81. The molecule has 1 aromatic heterocycles. The van der Waals surface area contributed by atoms with Gasteiger partial charge in [0.15, 0.2) is 0 Å². The predicted molar refractivity (Wildman–Crippen MR) is 108 cm³/mol. The summed E-state index contributed by atoms with van der Waals surface area (Å²) < 4.78 is 1.10. The number of hydrogen-bond donors (Lipinski definition) is 1. The van der Waals surface area contributed by atoms with E-state index < -0.39 is 22.1 Å². The lowest BCUT2D eigenvalue weighted by Crippen LogP contribution is -2.30. The molecule has 3 rings (SSSR count). The number of rotatable bonds is 6. The third-order valence-electron chi connectivity index (χ3n) is 4.00. The van der Waals surface area contributed by atoms with Crippen molar-refractivity contribution in [3.8, 4) is 0 Å². The van der Waals surface area contributed by atoms with Gasteiger partial charge in [0.25, 0.3) is 0 Å². The van der Waals surface area contributed by atoms with Gasteiger partial charge in [0.1, 0.15) is 6.54 Å². The summed E-state index contributed by atoms with van der Waals surface area (Å²) in [5.74, 6) is -0.438. The second-order valence-corrected chi connectivity index (χ2v) is 7.08. The van der Waals surface area contributed by atoms with Gasteiger partial charge in [-0.1, -0.05) is 42.1 Å². The van der Waals surface area contributed by atoms with Crippen LogP contribution in [0.4, 0.5) is 11.4 Å². The molecule has 0 unspecified atom stereocenters. The highest BCUT2D eigenvalue weighted by molar-refractivity contribution is 7.99. The molecule has 0 aliphatic rings. The molecule has 2 aromatic carbocycles. The number of aromatic nitrogens is 1. The van der Waals surface area contributed by atoms with E-state index in [-0.39, 0.29) is 6.54 Å². The Bertz CT molecular complexity index is 1080. The first-order valence-electron chi connectivity index (χ1n) is 8.42. The summed E-state index contributed by atoms with van der Waals surface area (Å²) in [6, 6.07) is 19.7. The number of nitrogens with zero attached hydrogens (tertiary/aromatic N) is 2. The van der Waals surface area contributed by atoms with Gasteiger partial charge in [0.2, 0.25) is 5.91 Å². The second kappa shape index (κ2) is 8.53. The molecular weight excluding hydrogens is 378 g/mol. The molecule has 0 aliphatic carbocycles. The Kier molecular flexibility index (Phi) is 5.90. The average molecular weight is 395 g/mol. The van der Waals surface area contributed by atoms with E-state index in [1.54, 1.807) is 19.1 Å². The Morgan fingerprint density at radius 1 is 1.07 bits per heavy atom. The minimum Gasteiger partial charge on any atom is -0.324 e. The van der Waals surface area contributed by atoms with E-state index in [0.717, 1.165) is 20.4 Å². The van der Waals surface area contributed by atoms with Crippen molar-refractivity contribution in [3.63, 3.8) is 0 Å². The van der Waals surface area contributed by atoms with E-state index in [9.17, 15) is 19.7 Å². The van der Waals surface area contributed by atoms with E-state index >= 15 is 0 Å². The molecule has 142 valence electrons. The average Bonchev–Trinajstić information content (AvgIpc) is 2.67. The number of para-hydroxylation sites is 1. The van der Waals surface area contributed by atoms with Crippen LogP contribution in [-0.2, 0) is 11.3 Å². The number of benzene rings is 2. The highest BCUT2D eigenvalue weighted by atomic mass is 32.2. The van der Waals surface area contributed by atoms with Gasteiger partial charge in [0.05, 0.1) is 10.6 Å². The van der Waals surface area contributed by atoms with Crippen molar-refractivity contribution >= 4 is 29.0 Å². The molecule has 0 bridgehead atoms. The van der Waals surface area contributed by atoms with Crippen LogP contribution in [0.5, 0.6) is 0 Å². The number of anilines is 1. The van der Waals surface area contributed by atoms with Gasteiger partial charge in [-0.3, -0.25) is 24.3 Å². The fourth-order valence-corrected chi connectivity index (χ4v) is 3.53. The lowest BCUT2D eigenvalue weighted by atomic mass is 10.3. The molecule has 28 heavy (non-hydrogen) atoms. The van der Waals surface area contributed by atoms with Crippen LogP contribution in [-0.4, -0.2) is 15.4 Å². The van der Waals surface area contributed by atoms with Gasteiger partial charge in [-0.05, 0) is 37.3 Å². The fraction of sp³-hybridized carbons (Fsp3) is 0.100. The zero-order valence-electron chi connectivity index (χ0n) is 15.0. The standard InChI is InChI=1S/C20H17N3O4S/c1-14-11-12-17(23(26)27)20(25)22(14)13-19(24)21-16-9-5-6-10-18(16)28-15-7-3-2-4-8-15/h2-12H,13H2,1H3,(H,21,24). The summed E-state index contributed by atoms with van der Waals surface area (Å²) in [6.45, 7) is 1.31. The molecule has 8 heteroatoms. The topological polar surface area (TPSA) is 94.2 Å². The zero-order chi connectivity index (χ0) is 20.1. The van der Waals surface area contributed by atoms with Crippen molar-refractivity contribution in [2.24, 2.45) is 0 Å². The number of hydrogen-bond acceptors (Lipinski definition) is 5.